The molecule has 3 heteroatoms. The van der Waals surface area contributed by atoms with Crippen LogP contribution in [0.4, 0.5) is 0 Å². The van der Waals surface area contributed by atoms with Gasteiger partial charge in [0.1, 0.15) is 0 Å². The molecule has 0 fully saturated rings. The Hall–Kier alpha value is -1.61. The lowest BCUT2D eigenvalue weighted by atomic mass is 10.0. The predicted molar refractivity (Wildman–Crippen MR) is 79.0 cm³/mol. The van der Waals surface area contributed by atoms with Crippen molar-refractivity contribution in [2.45, 2.75) is 46.3 Å². The van der Waals surface area contributed by atoms with Crippen LogP contribution >= 0.6 is 0 Å². The van der Waals surface area contributed by atoms with Crippen molar-refractivity contribution in [3.05, 3.63) is 53.3 Å². The van der Waals surface area contributed by atoms with Gasteiger partial charge in [-0.1, -0.05) is 38.1 Å². The number of nitrogens with one attached hydrogen (secondary N) is 1. The predicted octanol–water partition coefficient (Wildman–Crippen LogP) is 3.32. The molecule has 3 nitrogen and oxygen atoms in total. The first kappa shape index (κ1) is 13.8. The third-order valence-electron chi connectivity index (χ3n) is 3.39. The van der Waals surface area contributed by atoms with Gasteiger partial charge in [-0.15, -0.1) is 0 Å². The largest absolute Gasteiger partial charge is 0.307 e. The first-order valence-electron chi connectivity index (χ1n) is 7.01. The number of hydrogen-bond donors (Lipinski definition) is 1. The maximum absolute atomic E-state index is 4.27. The topological polar surface area (TPSA) is 29.9 Å². The molecule has 0 aliphatic heterocycles. The summed E-state index contributed by atoms with van der Waals surface area (Å²) < 4.78 is 2.02. The van der Waals surface area contributed by atoms with Crippen LogP contribution in [0, 0.1) is 0 Å². The first-order chi connectivity index (χ1) is 9.20. The van der Waals surface area contributed by atoms with Gasteiger partial charge >= 0.3 is 0 Å². The van der Waals surface area contributed by atoms with E-state index in [1.54, 1.807) is 0 Å². The lowest BCUT2D eigenvalue weighted by Gasteiger charge is -2.09. The quantitative estimate of drug-likeness (QED) is 0.860. The van der Waals surface area contributed by atoms with Crippen molar-refractivity contribution in [2.75, 3.05) is 0 Å². The van der Waals surface area contributed by atoms with Crippen molar-refractivity contribution in [2.24, 2.45) is 0 Å². The Morgan fingerprint density at radius 2 is 1.84 bits per heavy atom. The van der Waals surface area contributed by atoms with Crippen molar-refractivity contribution < 1.29 is 0 Å². The van der Waals surface area contributed by atoms with Gasteiger partial charge in [-0.3, -0.25) is 4.68 Å². The molecule has 0 atom stereocenters. The van der Waals surface area contributed by atoms with Crippen LogP contribution in [0.5, 0.6) is 0 Å². The number of nitrogens with zero attached hydrogens (tertiary/aromatic N) is 2. The van der Waals surface area contributed by atoms with E-state index in [2.05, 4.69) is 61.5 Å². The second-order valence-corrected chi connectivity index (χ2v) is 5.14. The van der Waals surface area contributed by atoms with Crippen molar-refractivity contribution in [1.82, 2.24) is 15.1 Å². The Kier molecular flexibility index (Phi) is 4.74. The molecule has 0 spiro atoms. The molecule has 0 bridgehead atoms. The summed E-state index contributed by atoms with van der Waals surface area (Å²) in [6.07, 6.45) is 1.86. The Bertz CT molecular complexity index is 497. The molecule has 2 rings (SSSR count). The van der Waals surface area contributed by atoms with Crippen LogP contribution in [0.3, 0.4) is 0 Å². The van der Waals surface area contributed by atoms with Crippen LogP contribution in [0.1, 0.15) is 43.5 Å². The maximum Gasteiger partial charge on any atom is 0.0522 e. The van der Waals surface area contributed by atoms with E-state index in [-0.39, 0.29) is 0 Å². The monoisotopic (exact) mass is 257 g/mol. The molecule has 1 N–H and O–H groups in total. The minimum absolute atomic E-state index is 0.598. The van der Waals surface area contributed by atoms with Crippen LogP contribution in [0.15, 0.2) is 36.5 Å². The van der Waals surface area contributed by atoms with Gasteiger partial charge in [0.2, 0.25) is 0 Å². The third kappa shape index (κ3) is 3.67. The van der Waals surface area contributed by atoms with Crippen molar-refractivity contribution in [1.29, 1.82) is 0 Å². The molecule has 2 aromatic rings. The zero-order valence-electron chi connectivity index (χ0n) is 12.1. The van der Waals surface area contributed by atoms with Gasteiger partial charge in [0, 0.05) is 25.8 Å². The average Bonchev–Trinajstić information content (AvgIpc) is 2.87. The normalized spacial score (nSPS) is 11.2. The number of rotatable bonds is 6. The number of aromatic nitrogens is 2. The van der Waals surface area contributed by atoms with Crippen molar-refractivity contribution >= 4 is 0 Å². The number of aryl methyl sites for hydroxylation is 1. The highest BCUT2D eigenvalue weighted by molar-refractivity contribution is 5.24. The van der Waals surface area contributed by atoms with Crippen molar-refractivity contribution in [3.8, 4) is 0 Å². The average molecular weight is 257 g/mol. The van der Waals surface area contributed by atoms with E-state index in [1.807, 2.05) is 10.9 Å². The zero-order valence-corrected chi connectivity index (χ0v) is 12.1. The SMILES string of the molecule is CCn1nccc1CNCc1ccc(C(C)C)cc1. The molecule has 1 aromatic carbocycles. The minimum Gasteiger partial charge on any atom is -0.307 e. The van der Waals surface area contributed by atoms with Crippen molar-refractivity contribution in [3.63, 3.8) is 0 Å². The fourth-order valence-electron chi connectivity index (χ4n) is 2.15. The Balaban J connectivity index is 1.85. The molecule has 102 valence electrons. The molecule has 0 aliphatic rings. The Morgan fingerprint density at radius 1 is 1.11 bits per heavy atom. The zero-order chi connectivity index (χ0) is 13.7. The molecule has 0 saturated heterocycles. The number of benzene rings is 1. The molecule has 0 unspecified atom stereocenters. The molecule has 0 amide bonds. The third-order valence-corrected chi connectivity index (χ3v) is 3.39. The molecule has 1 heterocycles. The first-order valence-corrected chi connectivity index (χ1v) is 7.01. The van der Waals surface area contributed by atoms with E-state index >= 15 is 0 Å². The van der Waals surface area contributed by atoms with Gasteiger partial charge < -0.3 is 5.32 Å². The lowest BCUT2D eigenvalue weighted by molar-refractivity contribution is 0.581. The summed E-state index contributed by atoms with van der Waals surface area (Å²) in [5.41, 5.74) is 3.96. The van der Waals surface area contributed by atoms with Gasteiger partial charge in [0.05, 0.1) is 5.69 Å². The summed E-state index contributed by atoms with van der Waals surface area (Å²) in [6, 6.07) is 10.9. The van der Waals surface area contributed by atoms with Crippen LogP contribution in [0.2, 0.25) is 0 Å². The highest BCUT2D eigenvalue weighted by Crippen LogP contribution is 2.14. The molecule has 1 aromatic heterocycles. The smallest absolute Gasteiger partial charge is 0.0522 e. The van der Waals surface area contributed by atoms with E-state index in [4.69, 9.17) is 0 Å². The highest BCUT2D eigenvalue weighted by Gasteiger charge is 2.01. The summed E-state index contributed by atoms with van der Waals surface area (Å²) in [7, 11) is 0. The second kappa shape index (κ2) is 6.53. The fourth-order valence-corrected chi connectivity index (χ4v) is 2.15. The van der Waals surface area contributed by atoms with Crippen LogP contribution in [0.25, 0.3) is 0 Å². The summed E-state index contributed by atoms with van der Waals surface area (Å²) >= 11 is 0. The molecular formula is C16H23N3. The molecular weight excluding hydrogens is 234 g/mol. The van der Waals surface area contributed by atoms with Gasteiger partial charge in [-0.25, -0.2) is 0 Å². The van der Waals surface area contributed by atoms with Gasteiger partial charge in [0.15, 0.2) is 0 Å². The molecule has 0 aliphatic carbocycles. The summed E-state index contributed by atoms with van der Waals surface area (Å²) in [6.45, 7) is 9.24. The summed E-state index contributed by atoms with van der Waals surface area (Å²) in [5, 5.41) is 7.73. The van der Waals surface area contributed by atoms with Crippen LogP contribution in [-0.4, -0.2) is 9.78 Å². The summed E-state index contributed by atoms with van der Waals surface area (Å²) in [5.74, 6) is 0.598. The number of hydrogen-bond acceptors (Lipinski definition) is 2. The van der Waals surface area contributed by atoms with E-state index in [0.717, 1.165) is 19.6 Å². The van der Waals surface area contributed by atoms with Gasteiger partial charge in [0.25, 0.3) is 0 Å². The molecule has 0 saturated carbocycles. The van der Waals surface area contributed by atoms with E-state index < -0.39 is 0 Å². The standard InChI is InChI=1S/C16H23N3/c1-4-19-16(9-10-18-19)12-17-11-14-5-7-15(8-6-14)13(2)3/h5-10,13,17H,4,11-12H2,1-3H3. The fraction of sp³-hybridized carbons (Fsp3) is 0.438. The maximum atomic E-state index is 4.27. The van der Waals surface area contributed by atoms with Crippen LogP contribution < -0.4 is 5.32 Å². The van der Waals surface area contributed by atoms with Crippen LogP contribution in [-0.2, 0) is 19.6 Å². The summed E-state index contributed by atoms with van der Waals surface area (Å²) in [4.78, 5) is 0. The van der Waals surface area contributed by atoms with Gasteiger partial charge in [-0.05, 0) is 30.0 Å². The lowest BCUT2D eigenvalue weighted by Crippen LogP contribution is -2.16. The van der Waals surface area contributed by atoms with E-state index in [0.29, 0.717) is 5.92 Å². The highest BCUT2D eigenvalue weighted by atomic mass is 15.3. The molecule has 19 heavy (non-hydrogen) atoms. The Labute approximate surface area is 115 Å². The van der Waals surface area contributed by atoms with E-state index in [1.165, 1.54) is 16.8 Å². The molecule has 0 radical (unpaired) electrons. The van der Waals surface area contributed by atoms with E-state index in [9.17, 15) is 0 Å². The second-order valence-electron chi connectivity index (χ2n) is 5.14. The Morgan fingerprint density at radius 3 is 2.47 bits per heavy atom. The minimum atomic E-state index is 0.598. The van der Waals surface area contributed by atoms with Gasteiger partial charge in [-0.2, -0.15) is 5.10 Å².